The highest BCUT2D eigenvalue weighted by atomic mass is 15.2. The van der Waals surface area contributed by atoms with Gasteiger partial charge in [-0.25, -0.2) is 0 Å². The van der Waals surface area contributed by atoms with E-state index in [-0.39, 0.29) is 0 Å². The molecule has 3 aromatic rings. The highest BCUT2D eigenvalue weighted by Crippen LogP contribution is 2.09. The van der Waals surface area contributed by atoms with Crippen LogP contribution in [0, 0.1) is 6.92 Å². The van der Waals surface area contributed by atoms with Crippen molar-refractivity contribution in [3.05, 3.63) is 60.0 Å². The number of hydrogen-bond donors (Lipinski definition) is 2. The number of benzene rings is 1. The van der Waals surface area contributed by atoms with E-state index in [1.54, 1.807) is 0 Å². The fourth-order valence-corrected chi connectivity index (χ4v) is 2.41. The summed E-state index contributed by atoms with van der Waals surface area (Å²) in [6.45, 7) is 2.69. The van der Waals surface area contributed by atoms with E-state index in [0.29, 0.717) is 12.5 Å². The molecule has 0 amide bonds. The van der Waals surface area contributed by atoms with E-state index >= 15 is 0 Å². The van der Waals surface area contributed by atoms with Crippen LogP contribution in [0.25, 0.3) is 5.65 Å². The predicted octanol–water partition coefficient (Wildman–Crippen LogP) is 2.40. The predicted molar refractivity (Wildman–Crippen MR) is 92.6 cm³/mol. The first-order chi connectivity index (χ1) is 11.2. The second-order valence-corrected chi connectivity index (χ2v) is 5.41. The monoisotopic (exact) mass is 308 g/mol. The number of aromatic nitrogens is 3. The largest absolute Gasteiger partial charge is 0.370 e. The number of fused-ring (bicyclic) bond motifs is 1. The van der Waals surface area contributed by atoms with Crippen molar-refractivity contribution in [3.8, 4) is 0 Å². The molecule has 118 valence electrons. The van der Waals surface area contributed by atoms with Crippen LogP contribution in [0.4, 0.5) is 5.69 Å². The lowest BCUT2D eigenvalue weighted by molar-refractivity contribution is 0.770. The first kappa shape index (κ1) is 15.0. The molecule has 2 aromatic heterocycles. The van der Waals surface area contributed by atoms with Crippen LogP contribution in [0.5, 0.6) is 0 Å². The molecule has 1 aromatic carbocycles. The zero-order chi connectivity index (χ0) is 16.1. The van der Waals surface area contributed by atoms with Crippen molar-refractivity contribution in [2.45, 2.75) is 19.8 Å². The fraction of sp³-hybridized carbons (Fsp3) is 0.235. The van der Waals surface area contributed by atoms with Gasteiger partial charge in [-0.15, -0.1) is 10.2 Å². The minimum atomic E-state index is 0.432. The Kier molecular flexibility index (Phi) is 4.52. The molecule has 0 aliphatic rings. The summed E-state index contributed by atoms with van der Waals surface area (Å²) in [6.07, 6.45) is 3.65. The Bertz CT molecular complexity index is 821. The normalized spacial score (nSPS) is 11.8. The fourth-order valence-electron chi connectivity index (χ4n) is 2.41. The van der Waals surface area contributed by atoms with Gasteiger partial charge < -0.3 is 11.1 Å². The van der Waals surface area contributed by atoms with Crippen molar-refractivity contribution in [2.75, 3.05) is 11.9 Å². The van der Waals surface area contributed by atoms with Crippen LogP contribution in [0.1, 0.15) is 17.8 Å². The summed E-state index contributed by atoms with van der Waals surface area (Å²) >= 11 is 0. The number of pyridine rings is 1. The number of rotatable bonds is 5. The van der Waals surface area contributed by atoms with Crippen LogP contribution in [-0.2, 0) is 6.42 Å². The van der Waals surface area contributed by atoms with Crippen LogP contribution in [0.2, 0.25) is 0 Å². The lowest BCUT2D eigenvalue weighted by Crippen LogP contribution is -2.22. The highest BCUT2D eigenvalue weighted by molar-refractivity contribution is 5.92. The van der Waals surface area contributed by atoms with Crippen LogP contribution >= 0.6 is 0 Å². The lowest BCUT2D eigenvalue weighted by atomic mass is 10.2. The van der Waals surface area contributed by atoms with E-state index in [2.05, 4.69) is 20.5 Å². The average molecular weight is 308 g/mol. The van der Waals surface area contributed by atoms with Gasteiger partial charge in [0.2, 0.25) is 0 Å². The average Bonchev–Trinajstić information content (AvgIpc) is 2.95. The summed E-state index contributed by atoms with van der Waals surface area (Å²) in [5.41, 5.74) is 8.91. The van der Waals surface area contributed by atoms with Crippen molar-refractivity contribution in [1.29, 1.82) is 0 Å². The molecule has 0 aliphatic carbocycles. The molecule has 3 rings (SSSR count). The Balaban J connectivity index is 1.52. The third-order valence-electron chi connectivity index (χ3n) is 3.52. The second kappa shape index (κ2) is 6.91. The molecule has 0 unspecified atom stereocenters. The molecule has 3 N–H and O–H groups in total. The quantitative estimate of drug-likeness (QED) is 0.431. The van der Waals surface area contributed by atoms with E-state index in [4.69, 9.17) is 5.73 Å². The number of anilines is 1. The number of aliphatic imine (C=N–C) groups is 1. The number of nitrogens with one attached hydrogen (secondary N) is 1. The summed E-state index contributed by atoms with van der Waals surface area (Å²) in [7, 11) is 0. The maximum absolute atomic E-state index is 5.91. The van der Waals surface area contributed by atoms with Gasteiger partial charge in [0.15, 0.2) is 11.6 Å². The van der Waals surface area contributed by atoms with Gasteiger partial charge in [0.05, 0.1) is 0 Å². The third-order valence-corrected chi connectivity index (χ3v) is 3.52. The van der Waals surface area contributed by atoms with Gasteiger partial charge >= 0.3 is 0 Å². The van der Waals surface area contributed by atoms with E-state index in [9.17, 15) is 0 Å². The number of nitrogens with zero attached hydrogens (tertiary/aromatic N) is 4. The van der Waals surface area contributed by atoms with E-state index in [0.717, 1.165) is 30.0 Å². The molecule has 0 spiro atoms. The van der Waals surface area contributed by atoms with E-state index < -0.39 is 0 Å². The van der Waals surface area contributed by atoms with Crippen LogP contribution in [0.3, 0.4) is 0 Å². The molecule has 2 heterocycles. The summed E-state index contributed by atoms with van der Waals surface area (Å²) < 4.78 is 2.00. The maximum Gasteiger partial charge on any atom is 0.193 e. The van der Waals surface area contributed by atoms with Gasteiger partial charge in [-0.2, -0.15) is 0 Å². The van der Waals surface area contributed by atoms with Crippen molar-refractivity contribution >= 4 is 17.3 Å². The van der Waals surface area contributed by atoms with Gasteiger partial charge in [0.1, 0.15) is 5.82 Å². The number of aryl methyl sites for hydroxylation is 2. The SMILES string of the molecule is Cc1cccc(NC(N)=NCCCc2nnc3ccccn23)c1. The molecule has 0 saturated heterocycles. The molecule has 0 radical (unpaired) electrons. The first-order valence-corrected chi connectivity index (χ1v) is 7.64. The van der Waals surface area contributed by atoms with Crippen molar-refractivity contribution < 1.29 is 0 Å². The summed E-state index contributed by atoms with van der Waals surface area (Å²) in [5, 5.41) is 11.4. The number of hydrogen-bond acceptors (Lipinski definition) is 3. The number of nitrogens with two attached hydrogens (primary N) is 1. The Hall–Kier alpha value is -2.89. The lowest BCUT2D eigenvalue weighted by Gasteiger charge is -2.06. The van der Waals surface area contributed by atoms with Gasteiger partial charge in [-0.3, -0.25) is 9.39 Å². The second-order valence-electron chi connectivity index (χ2n) is 5.41. The zero-order valence-electron chi connectivity index (χ0n) is 13.1. The Morgan fingerprint density at radius 3 is 3.00 bits per heavy atom. The molecule has 0 atom stereocenters. The smallest absolute Gasteiger partial charge is 0.193 e. The summed E-state index contributed by atoms with van der Waals surface area (Å²) in [4.78, 5) is 4.35. The summed E-state index contributed by atoms with van der Waals surface area (Å²) in [5.74, 6) is 1.38. The molecule has 0 saturated carbocycles. The maximum atomic E-state index is 5.91. The molecule has 6 heteroatoms. The summed E-state index contributed by atoms with van der Waals surface area (Å²) in [6, 6.07) is 13.9. The van der Waals surface area contributed by atoms with E-state index in [1.807, 2.05) is 60.0 Å². The van der Waals surface area contributed by atoms with Crippen LogP contribution in [0.15, 0.2) is 53.7 Å². The zero-order valence-corrected chi connectivity index (χ0v) is 13.1. The molecule has 0 bridgehead atoms. The molecule has 0 aliphatic heterocycles. The number of guanidine groups is 1. The van der Waals surface area contributed by atoms with Crippen molar-refractivity contribution in [1.82, 2.24) is 14.6 Å². The molecular weight excluding hydrogens is 288 g/mol. The van der Waals surface area contributed by atoms with Gasteiger partial charge in [-0.1, -0.05) is 18.2 Å². The third kappa shape index (κ3) is 3.85. The standard InChI is InChI=1S/C17H20N6/c1-13-6-4-7-14(12-13)20-17(18)19-10-5-9-16-22-21-15-8-2-3-11-23(15)16/h2-4,6-8,11-12H,5,9-10H2,1H3,(H3,18,19,20). The Morgan fingerprint density at radius 2 is 2.13 bits per heavy atom. The molecule has 23 heavy (non-hydrogen) atoms. The Morgan fingerprint density at radius 1 is 1.22 bits per heavy atom. The first-order valence-electron chi connectivity index (χ1n) is 7.64. The topological polar surface area (TPSA) is 80.6 Å². The molecular formula is C17H20N6. The minimum Gasteiger partial charge on any atom is -0.370 e. The van der Waals surface area contributed by atoms with Gasteiger partial charge in [-0.05, 0) is 43.2 Å². The molecule has 6 nitrogen and oxygen atoms in total. The van der Waals surface area contributed by atoms with E-state index in [1.165, 1.54) is 5.56 Å². The van der Waals surface area contributed by atoms with Crippen LogP contribution in [-0.4, -0.2) is 27.1 Å². The van der Waals surface area contributed by atoms with Crippen molar-refractivity contribution in [3.63, 3.8) is 0 Å². The van der Waals surface area contributed by atoms with Gasteiger partial charge in [0.25, 0.3) is 0 Å². The van der Waals surface area contributed by atoms with Crippen LogP contribution < -0.4 is 11.1 Å². The highest BCUT2D eigenvalue weighted by Gasteiger charge is 2.03. The van der Waals surface area contributed by atoms with Crippen molar-refractivity contribution in [2.24, 2.45) is 10.7 Å². The minimum absolute atomic E-state index is 0.432. The molecule has 0 fully saturated rings. The van der Waals surface area contributed by atoms with Gasteiger partial charge in [0, 0.05) is 24.8 Å². The Labute approximate surface area is 135 Å².